The van der Waals surface area contributed by atoms with E-state index in [-0.39, 0.29) is 13.2 Å². The average molecular weight is 301 g/mol. The Morgan fingerprint density at radius 3 is 2.74 bits per heavy atom. The van der Waals surface area contributed by atoms with Gasteiger partial charge in [0.2, 0.25) is 0 Å². The molecule has 0 atom stereocenters. The maximum atomic E-state index is 12.0. The number of nitrogen functional groups attached to an aromatic ring is 1. The number of thiophene rings is 1. The van der Waals surface area contributed by atoms with Crippen LogP contribution in [0, 0.1) is 0 Å². The minimum absolute atomic E-state index is 0.334. The highest BCUT2D eigenvalue weighted by Crippen LogP contribution is 2.35. The molecular weight excluding hydrogens is 288 g/mol. The number of hydrogen-bond donors (Lipinski definition) is 4. The fourth-order valence-corrected chi connectivity index (χ4v) is 2.84. The zero-order valence-corrected chi connectivity index (χ0v) is 11.5. The quantitative estimate of drug-likeness (QED) is 0.683. The Morgan fingerprint density at radius 1 is 1.42 bits per heavy atom. The Morgan fingerprint density at radius 2 is 2.11 bits per heavy atom. The second-order valence-corrected chi connectivity index (χ2v) is 5.51. The van der Waals surface area contributed by atoms with Crippen molar-refractivity contribution < 1.29 is 15.0 Å². The Balaban J connectivity index is 2.35. The number of aliphatic hydroxyl groups excluding tert-OH is 2. The summed E-state index contributed by atoms with van der Waals surface area (Å²) in [5, 5.41) is 21.7. The molecule has 102 valence electrons. The molecule has 2 rings (SSSR count). The largest absolute Gasteiger partial charge is 0.397 e. The molecule has 0 radical (unpaired) electrons. The van der Waals surface area contributed by atoms with E-state index < -0.39 is 11.9 Å². The van der Waals surface area contributed by atoms with Crippen LogP contribution in [-0.4, -0.2) is 35.4 Å². The van der Waals surface area contributed by atoms with Crippen molar-refractivity contribution in [2.75, 3.05) is 18.9 Å². The smallest absolute Gasteiger partial charge is 0.263 e. The Bertz CT molecular complexity index is 610. The first-order valence-electron chi connectivity index (χ1n) is 5.57. The molecule has 0 saturated heterocycles. The van der Waals surface area contributed by atoms with Gasteiger partial charge >= 0.3 is 0 Å². The summed E-state index contributed by atoms with van der Waals surface area (Å²) in [5.74, 6) is -0.414. The molecule has 5 N–H and O–H groups in total. The number of nitrogens with two attached hydrogens (primary N) is 1. The van der Waals surface area contributed by atoms with E-state index >= 15 is 0 Å². The van der Waals surface area contributed by atoms with Crippen molar-refractivity contribution in [1.29, 1.82) is 0 Å². The molecule has 0 saturated carbocycles. The predicted molar refractivity (Wildman–Crippen MR) is 76.7 cm³/mol. The molecule has 0 fully saturated rings. The molecule has 5 nitrogen and oxygen atoms in total. The Hall–Kier alpha value is -1.34. The first-order valence-corrected chi connectivity index (χ1v) is 6.76. The maximum Gasteiger partial charge on any atom is 0.263 e. The first kappa shape index (κ1) is 14.1. The summed E-state index contributed by atoms with van der Waals surface area (Å²) in [7, 11) is 0. The highest BCUT2D eigenvalue weighted by Gasteiger charge is 2.19. The van der Waals surface area contributed by atoms with Crippen LogP contribution in [0.15, 0.2) is 18.2 Å². The van der Waals surface area contributed by atoms with Crippen LogP contribution in [0.4, 0.5) is 5.69 Å². The van der Waals surface area contributed by atoms with E-state index in [4.69, 9.17) is 27.5 Å². The summed E-state index contributed by atoms with van der Waals surface area (Å²) in [4.78, 5) is 12.4. The number of aliphatic hydroxyl groups is 2. The van der Waals surface area contributed by atoms with Gasteiger partial charge in [0.25, 0.3) is 5.91 Å². The minimum atomic E-state index is -0.694. The Kier molecular flexibility index (Phi) is 4.26. The van der Waals surface area contributed by atoms with Crippen LogP contribution in [0.2, 0.25) is 5.02 Å². The third kappa shape index (κ3) is 2.82. The topological polar surface area (TPSA) is 95.6 Å². The van der Waals surface area contributed by atoms with Crippen LogP contribution >= 0.6 is 22.9 Å². The van der Waals surface area contributed by atoms with E-state index in [0.29, 0.717) is 15.6 Å². The number of rotatable bonds is 4. The fraction of sp³-hybridized carbons (Fsp3) is 0.250. The molecule has 7 heteroatoms. The van der Waals surface area contributed by atoms with Gasteiger partial charge in [-0.2, -0.15) is 0 Å². The monoisotopic (exact) mass is 300 g/mol. The number of anilines is 1. The van der Waals surface area contributed by atoms with Crippen LogP contribution < -0.4 is 11.1 Å². The predicted octanol–water partition coefficient (Wildman–Crippen LogP) is 1.22. The van der Waals surface area contributed by atoms with Gasteiger partial charge in [-0.05, 0) is 18.2 Å². The van der Waals surface area contributed by atoms with E-state index in [1.54, 1.807) is 18.2 Å². The van der Waals surface area contributed by atoms with E-state index in [2.05, 4.69) is 5.32 Å². The first-order chi connectivity index (χ1) is 9.06. The van der Waals surface area contributed by atoms with Gasteiger partial charge in [-0.25, -0.2) is 0 Å². The minimum Gasteiger partial charge on any atom is -0.397 e. The SMILES string of the molecule is Nc1c(C(=O)NC(CO)CO)sc2ccc(Cl)cc12. The fourth-order valence-electron chi connectivity index (χ4n) is 1.66. The normalized spacial score (nSPS) is 11.2. The van der Waals surface area contributed by atoms with Gasteiger partial charge in [-0.3, -0.25) is 4.79 Å². The van der Waals surface area contributed by atoms with Crippen molar-refractivity contribution in [3.63, 3.8) is 0 Å². The Labute approximate surface area is 118 Å². The van der Waals surface area contributed by atoms with Crippen molar-refractivity contribution in [3.8, 4) is 0 Å². The molecule has 19 heavy (non-hydrogen) atoms. The highest BCUT2D eigenvalue weighted by atomic mass is 35.5. The lowest BCUT2D eigenvalue weighted by Gasteiger charge is -2.12. The third-order valence-corrected chi connectivity index (χ3v) is 4.09. The number of fused-ring (bicyclic) bond motifs is 1. The van der Waals surface area contributed by atoms with E-state index in [9.17, 15) is 4.79 Å². The third-order valence-electron chi connectivity index (χ3n) is 2.67. The second kappa shape index (κ2) is 5.75. The molecule has 2 aromatic rings. The number of carbonyl (C=O) groups is 1. The summed E-state index contributed by atoms with van der Waals surface area (Å²) < 4.78 is 0.858. The van der Waals surface area contributed by atoms with Gasteiger partial charge in [0.05, 0.1) is 24.9 Å². The summed E-state index contributed by atoms with van der Waals surface area (Å²) in [5.41, 5.74) is 6.29. The van der Waals surface area contributed by atoms with Crippen LogP contribution in [-0.2, 0) is 0 Å². The molecule has 1 aromatic carbocycles. The van der Waals surface area contributed by atoms with E-state index in [1.807, 2.05) is 0 Å². The standard InChI is InChI=1S/C12H13ClN2O3S/c13-6-1-2-9-8(3-6)10(14)11(19-9)12(18)15-7(4-16)5-17/h1-3,7,16-17H,4-5,14H2,(H,15,18). The van der Waals surface area contributed by atoms with Crippen LogP contribution in [0.5, 0.6) is 0 Å². The molecule has 0 spiro atoms. The van der Waals surface area contributed by atoms with E-state index in [0.717, 1.165) is 10.1 Å². The highest BCUT2D eigenvalue weighted by molar-refractivity contribution is 7.21. The van der Waals surface area contributed by atoms with E-state index in [1.165, 1.54) is 11.3 Å². The van der Waals surface area contributed by atoms with Crippen LogP contribution in [0.25, 0.3) is 10.1 Å². The van der Waals surface area contributed by atoms with Crippen molar-refractivity contribution in [1.82, 2.24) is 5.32 Å². The molecule has 1 heterocycles. The van der Waals surface area contributed by atoms with Crippen LogP contribution in [0.3, 0.4) is 0 Å². The average Bonchev–Trinajstić information content (AvgIpc) is 2.73. The number of benzene rings is 1. The molecule has 0 bridgehead atoms. The number of carbonyl (C=O) groups excluding carboxylic acids is 1. The van der Waals surface area contributed by atoms with Gasteiger partial charge in [0.1, 0.15) is 4.88 Å². The van der Waals surface area contributed by atoms with Crippen molar-refractivity contribution in [2.45, 2.75) is 6.04 Å². The summed E-state index contributed by atoms with van der Waals surface area (Å²) in [6, 6.07) is 4.53. The van der Waals surface area contributed by atoms with Gasteiger partial charge in [0, 0.05) is 15.1 Å². The number of amides is 1. The number of nitrogens with one attached hydrogen (secondary N) is 1. The lowest BCUT2D eigenvalue weighted by Crippen LogP contribution is -2.39. The van der Waals surface area contributed by atoms with Gasteiger partial charge < -0.3 is 21.3 Å². The number of hydrogen-bond acceptors (Lipinski definition) is 5. The number of halogens is 1. The zero-order chi connectivity index (χ0) is 14.0. The molecule has 1 aromatic heterocycles. The van der Waals surface area contributed by atoms with Crippen molar-refractivity contribution in [3.05, 3.63) is 28.1 Å². The molecule has 0 aliphatic rings. The summed E-state index contributed by atoms with van der Waals surface area (Å²) in [6.45, 7) is -0.669. The maximum absolute atomic E-state index is 12.0. The van der Waals surface area contributed by atoms with Gasteiger partial charge in [0.15, 0.2) is 0 Å². The zero-order valence-electron chi connectivity index (χ0n) is 9.89. The van der Waals surface area contributed by atoms with Crippen molar-refractivity contribution >= 4 is 44.6 Å². The lowest BCUT2D eigenvalue weighted by molar-refractivity contribution is 0.0884. The van der Waals surface area contributed by atoms with Crippen molar-refractivity contribution in [2.24, 2.45) is 0 Å². The summed E-state index contributed by atoms with van der Waals surface area (Å²) >= 11 is 7.14. The molecular formula is C12H13ClN2O3S. The summed E-state index contributed by atoms with van der Waals surface area (Å²) in [6.07, 6.45) is 0. The molecule has 1 amide bonds. The van der Waals surface area contributed by atoms with Gasteiger partial charge in [-0.1, -0.05) is 11.6 Å². The molecule has 0 unspecified atom stereocenters. The second-order valence-electron chi connectivity index (χ2n) is 4.02. The van der Waals surface area contributed by atoms with Crippen LogP contribution in [0.1, 0.15) is 9.67 Å². The molecule has 0 aliphatic carbocycles. The van der Waals surface area contributed by atoms with Gasteiger partial charge in [-0.15, -0.1) is 11.3 Å². The lowest BCUT2D eigenvalue weighted by atomic mass is 10.2. The molecule has 0 aliphatic heterocycles.